The molecule has 3 rings (SSSR count). The van der Waals surface area contributed by atoms with Gasteiger partial charge in [-0.05, 0) is 25.0 Å². The minimum absolute atomic E-state index is 0.185. The van der Waals surface area contributed by atoms with E-state index in [9.17, 15) is 14.0 Å². The first-order valence-electron chi connectivity index (χ1n) is 9.13. The van der Waals surface area contributed by atoms with Crippen molar-refractivity contribution in [1.29, 1.82) is 0 Å². The quantitative estimate of drug-likeness (QED) is 0.771. The molecule has 1 aromatic rings. The van der Waals surface area contributed by atoms with E-state index in [2.05, 4.69) is 0 Å². The van der Waals surface area contributed by atoms with E-state index in [1.807, 2.05) is 4.90 Å². The van der Waals surface area contributed by atoms with Crippen LogP contribution >= 0.6 is 0 Å². The molecule has 0 atom stereocenters. The highest BCUT2D eigenvalue weighted by atomic mass is 19.1. The fourth-order valence-corrected chi connectivity index (χ4v) is 3.78. The lowest BCUT2D eigenvalue weighted by Gasteiger charge is -2.37. The summed E-state index contributed by atoms with van der Waals surface area (Å²) in [7, 11) is 1.74. The molecule has 1 aromatic carbocycles. The summed E-state index contributed by atoms with van der Waals surface area (Å²) in [5.74, 6) is -1.09. The number of halogens is 1. The maximum atomic E-state index is 13.9. The van der Waals surface area contributed by atoms with Crippen molar-refractivity contribution < 1.29 is 14.0 Å². The maximum absolute atomic E-state index is 13.9. The van der Waals surface area contributed by atoms with E-state index in [1.165, 1.54) is 12.5 Å². The van der Waals surface area contributed by atoms with Crippen molar-refractivity contribution in [3.63, 3.8) is 0 Å². The standard InChI is InChI=1S/C19H26FN3O2/c1-21(15-7-3-2-4-8-15)18(24)19(25)23-13-11-22(12-14-23)17-10-6-5-9-16(17)20/h5-6,9-10,15H,2-4,7-8,11-14H2,1H3. The molecule has 25 heavy (non-hydrogen) atoms. The molecule has 1 aliphatic carbocycles. The number of rotatable bonds is 2. The van der Waals surface area contributed by atoms with Crippen LogP contribution in [0.5, 0.6) is 0 Å². The van der Waals surface area contributed by atoms with Crippen LogP contribution in [0, 0.1) is 5.82 Å². The van der Waals surface area contributed by atoms with E-state index in [0.29, 0.717) is 31.9 Å². The first-order chi connectivity index (χ1) is 12.1. The first-order valence-corrected chi connectivity index (χ1v) is 9.13. The van der Waals surface area contributed by atoms with Gasteiger partial charge in [-0.2, -0.15) is 0 Å². The fraction of sp³-hybridized carbons (Fsp3) is 0.579. The van der Waals surface area contributed by atoms with Crippen LogP contribution < -0.4 is 4.90 Å². The lowest BCUT2D eigenvalue weighted by atomic mass is 9.94. The van der Waals surface area contributed by atoms with E-state index >= 15 is 0 Å². The van der Waals surface area contributed by atoms with Crippen LogP contribution in [0.3, 0.4) is 0 Å². The molecule has 1 saturated heterocycles. The number of benzene rings is 1. The molecule has 0 bridgehead atoms. The van der Waals surface area contributed by atoms with E-state index in [-0.39, 0.29) is 11.9 Å². The van der Waals surface area contributed by atoms with Gasteiger partial charge >= 0.3 is 11.8 Å². The molecular weight excluding hydrogens is 321 g/mol. The normalized spacial score (nSPS) is 19.0. The Hall–Kier alpha value is -2.11. The van der Waals surface area contributed by atoms with Gasteiger partial charge in [-0.1, -0.05) is 31.4 Å². The Morgan fingerprint density at radius 3 is 2.32 bits per heavy atom. The number of nitrogens with zero attached hydrogens (tertiary/aromatic N) is 3. The number of piperazine rings is 1. The van der Waals surface area contributed by atoms with Crippen LogP contribution in [0.25, 0.3) is 0 Å². The van der Waals surface area contributed by atoms with Crippen molar-refractivity contribution in [2.45, 2.75) is 38.1 Å². The molecule has 0 N–H and O–H groups in total. The van der Waals surface area contributed by atoms with Gasteiger partial charge in [0.1, 0.15) is 5.82 Å². The molecule has 1 heterocycles. The SMILES string of the molecule is CN(C(=O)C(=O)N1CCN(c2ccccc2F)CC1)C1CCCCC1. The predicted octanol–water partition coefficient (Wildman–Crippen LogP) is 2.27. The molecule has 0 radical (unpaired) electrons. The van der Waals surface area contributed by atoms with Gasteiger partial charge in [-0.25, -0.2) is 4.39 Å². The highest BCUT2D eigenvalue weighted by Crippen LogP contribution is 2.23. The van der Waals surface area contributed by atoms with Crippen molar-refractivity contribution >= 4 is 17.5 Å². The summed E-state index contributed by atoms with van der Waals surface area (Å²) >= 11 is 0. The van der Waals surface area contributed by atoms with Crippen molar-refractivity contribution in [1.82, 2.24) is 9.80 Å². The zero-order chi connectivity index (χ0) is 17.8. The molecule has 0 spiro atoms. The minimum Gasteiger partial charge on any atom is -0.366 e. The Balaban J connectivity index is 1.56. The predicted molar refractivity (Wildman–Crippen MR) is 94.8 cm³/mol. The molecule has 5 nitrogen and oxygen atoms in total. The highest BCUT2D eigenvalue weighted by Gasteiger charge is 2.31. The molecule has 136 valence electrons. The van der Waals surface area contributed by atoms with Crippen LogP contribution in [-0.2, 0) is 9.59 Å². The molecular formula is C19H26FN3O2. The fourth-order valence-electron chi connectivity index (χ4n) is 3.78. The Morgan fingerprint density at radius 2 is 1.68 bits per heavy atom. The third-order valence-corrected chi connectivity index (χ3v) is 5.39. The second-order valence-electron chi connectivity index (χ2n) is 6.94. The average molecular weight is 347 g/mol. The second-order valence-corrected chi connectivity index (χ2v) is 6.94. The summed E-state index contributed by atoms with van der Waals surface area (Å²) < 4.78 is 13.9. The van der Waals surface area contributed by atoms with Gasteiger partial charge in [0.25, 0.3) is 0 Å². The van der Waals surface area contributed by atoms with E-state index in [0.717, 1.165) is 25.7 Å². The zero-order valence-electron chi connectivity index (χ0n) is 14.8. The number of hydrogen-bond donors (Lipinski definition) is 0. The number of anilines is 1. The summed E-state index contributed by atoms with van der Waals surface area (Å²) in [6, 6.07) is 6.84. The van der Waals surface area contributed by atoms with Gasteiger partial charge in [0, 0.05) is 39.3 Å². The lowest BCUT2D eigenvalue weighted by molar-refractivity contribution is -0.152. The van der Waals surface area contributed by atoms with Crippen molar-refractivity contribution in [2.24, 2.45) is 0 Å². The summed E-state index contributed by atoms with van der Waals surface area (Å²) in [6.45, 7) is 1.95. The van der Waals surface area contributed by atoms with Gasteiger partial charge in [0.2, 0.25) is 0 Å². The maximum Gasteiger partial charge on any atom is 0.312 e. The second kappa shape index (κ2) is 7.85. The van der Waals surface area contributed by atoms with Crippen LogP contribution in [-0.4, -0.2) is 60.9 Å². The van der Waals surface area contributed by atoms with Crippen molar-refractivity contribution in [2.75, 3.05) is 38.1 Å². The summed E-state index contributed by atoms with van der Waals surface area (Å²) in [5, 5.41) is 0. The lowest BCUT2D eigenvalue weighted by Crippen LogP contribution is -2.54. The molecule has 0 aromatic heterocycles. The molecule has 0 unspecified atom stereocenters. The van der Waals surface area contributed by atoms with Crippen molar-refractivity contribution in [3.05, 3.63) is 30.1 Å². The van der Waals surface area contributed by atoms with Gasteiger partial charge < -0.3 is 14.7 Å². The Labute approximate surface area is 148 Å². The number of hydrogen-bond acceptors (Lipinski definition) is 3. The summed E-state index contributed by atoms with van der Waals surface area (Å²) in [5.41, 5.74) is 0.556. The van der Waals surface area contributed by atoms with Crippen molar-refractivity contribution in [3.8, 4) is 0 Å². The van der Waals surface area contributed by atoms with E-state index < -0.39 is 11.8 Å². The molecule has 1 aliphatic heterocycles. The number of carbonyl (C=O) groups is 2. The van der Waals surface area contributed by atoms with Gasteiger partial charge in [-0.15, -0.1) is 0 Å². The molecule has 6 heteroatoms. The van der Waals surface area contributed by atoms with Gasteiger partial charge in [0.05, 0.1) is 5.69 Å². The zero-order valence-corrected chi connectivity index (χ0v) is 14.8. The van der Waals surface area contributed by atoms with Crippen LogP contribution in [0.15, 0.2) is 24.3 Å². The van der Waals surface area contributed by atoms with E-state index in [4.69, 9.17) is 0 Å². The third-order valence-electron chi connectivity index (χ3n) is 5.39. The minimum atomic E-state index is -0.429. The Morgan fingerprint density at radius 1 is 1.04 bits per heavy atom. The van der Waals surface area contributed by atoms with Gasteiger partial charge in [0.15, 0.2) is 0 Å². The number of para-hydroxylation sites is 1. The Kier molecular flexibility index (Phi) is 5.56. The van der Waals surface area contributed by atoms with Crippen LogP contribution in [0.1, 0.15) is 32.1 Å². The smallest absolute Gasteiger partial charge is 0.312 e. The Bertz CT molecular complexity index is 623. The number of likely N-dealkylation sites (N-methyl/N-ethyl adjacent to an activating group) is 1. The molecule has 2 fully saturated rings. The number of amides is 2. The molecule has 1 saturated carbocycles. The monoisotopic (exact) mass is 347 g/mol. The number of carbonyl (C=O) groups excluding carboxylic acids is 2. The third kappa shape index (κ3) is 3.94. The summed E-state index contributed by atoms with van der Waals surface area (Å²) in [4.78, 5) is 30.2. The van der Waals surface area contributed by atoms with Crippen LogP contribution in [0.2, 0.25) is 0 Å². The summed E-state index contributed by atoms with van der Waals surface area (Å²) in [6.07, 6.45) is 5.42. The molecule has 2 amide bonds. The highest BCUT2D eigenvalue weighted by molar-refractivity contribution is 6.34. The topological polar surface area (TPSA) is 43.9 Å². The van der Waals surface area contributed by atoms with E-state index in [1.54, 1.807) is 35.0 Å². The largest absolute Gasteiger partial charge is 0.366 e. The van der Waals surface area contributed by atoms with Gasteiger partial charge in [-0.3, -0.25) is 9.59 Å². The molecule has 2 aliphatic rings. The van der Waals surface area contributed by atoms with Crippen LogP contribution in [0.4, 0.5) is 10.1 Å². The first kappa shape index (κ1) is 17.7. The average Bonchev–Trinajstić information content (AvgIpc) is 2.67.